The molecule has 1 fully saturated rings. The summed E-state index contributed by atoms with van der Waals surface area (Å²) in [5.74, 6) is 0.137. The van der Waals surface area contributed by atoms with Crippen molar-refractivity contribution in [3.05, 3.63) is 0 Å². The lowest BCUT2D eigenvalue weighted by Crippen LogP contribution is -2.45. The molecule has 0 bridgehead atoms. The molecule has 0 atom stereocenters. The van der Waals surface area contributed by atoms with Gasteiger partial charge in [-0.15, -0.1) is 0 Å². The van der Waals surface area contributed by atoms with Crippen LogP contribution in [0.1, 0.15) is 33.1 Å². The molecule has 1 saturated carbocycles. The Labute approximate surface area is 90.5 Å². The highest BCUT2D eigenvalue weighted by molar-refractivity contribution is 5.79. The largest absolute Gasteiger partial charge is 0.388 e. The molecule has 15 heavy (non-hydrogen) atoms. The van der Waals surface area contributed by atoms with E-state index in [9.17, 15) is 4.79 Å². The first-order chi connectivity index (χ1) is 7.00. The minimum atomic E-state index is -0.0336. The van der Waals surface area contributed by atoms with Crippen molar-refractivity contribution >= 4 is 11.9 Å². The monoisotopic (exact) mass is 212 g/mol. The third-order valence-electron chi connectivity index (χ3n) is 2.28. The zero-order chi connectivity index (χ0) is 11.4. The second kappa shape index (κ2) is 5.00. The van der Waals surface area contributed by atoms with Crippen LogP contribution < -0.4 is 11.1 Å². The van der Waals surface area contributed by atoms with Crippen molar-refractivity contribution in [2.24, 2.45) is 5.73 Å². The standard InChI is InChI=1S/C10H20N4O/c1-7(2)13-10(15)14(8-3-4-8)6-5-9(11)12/h7-8H,3-6H2,1-2H3,(H3,11,12)(H,13,15). The van der Waals surface area contributed by atoms with Crippen molar-refractivity contribution in [1.29, 1.82) is 5.41 Å². The Balaban J connectivity index is 2.42. The second-order valence-corrected chi connectivity index (χ2v) is 4.30. The molecule has 0 saturated heterocycles. The van der Waals surface area contributed by atoms with Crippen molar-refractivity contribution in [2.75, 3.05) is 6.54 Å². The molecule has 0 heterocycles. The van der Waals surface area contributed by atoms with Gasteiger partial charge in [0, 0.05) is 25.0 Å². The van der Waals surface area contributed by atoms with Crippen molar-refractivity contribution in [1.82, 2.24) is 10.2 Å². The number of hydrogen-bond donors (Lipinski definition) is 3. The highest BCUT2D eigenvalue weighted by atomic mass is 16.2. The predicted octanol–water partition coefficient (Wildman–Crippen LogP) is 0.895. The van der Waals surface area contributed by atoms with Gasteiger partial charge in [0.25, 0.3) is 0 Å². The van der Waals surface area contributed by atoms with E-state index in [-0.39, 0.29) is 17.9 Å². The zero-order valence-electron chi connectivity index (χ0n) is 9.42. The van der Waals surface area contributed by atoms with E-state index in [0.717, 1.165) is 12.8 Å². The lowest BCUT2D eigenvalue weighted by atomic mass is 10.3. The fourth-order valence-corrected chi connectivity index (χ4v) is 1.41. The minimum absolute atomic E-state index is 0.0336. The first-order valence-corrected chi connectivity index (χ1v) is 5.40. The maximum Gasteiger partial charge on any atom is 0.317 e. The average Bonchev–Trinajstić information content (AvgIpc) is 2.86. The predicted molar refractivity (Wildman–Crippen MR) is 59.9 cm³/mol. The van der Waals surface area contributed by atoms with Crippen LogP contribution in [0.2, 0.25) is 0 Å². The number of nitrogens with zero attached hydrogens (tertiary/aromatic N) is 1. The number of amidine groups is 1. The maximum absolute atomic E-state index is 11.8. The van der Waals surface area contributed by atoms with Gasteiger partial charge in [-0.2, -0.15) is 0 Å². The molecule has 0 aromatic heterocycles. The molecule has 2 amide bonds. The summed E-state index contributed by atoms with van der Waals surface area (Å²) in [6.45, 7) is 4.43. The number of urea groups is 1. The zero-order valence-corrected chi connectivity index (χ0v) is 9.42. The van der Waals surface area contributed by atoms with Crippen molar-refractivity contribution in [3.8, 4) is 0 Å². The van der Waals surface area contributed by atoms with E-state index >= 15 is 0 Å². The number of rotatable bonds is 5. The quantitative estimate of drug-likeness (QED) is 0.467. The van der Waals surface area contributed by atoms with Crippen LogP contribution in [-0.2, 0) is 0 Å². The Hall–Kier alpha value is -1.26. The van der Waals surface area contributed by atoms with E-state index < -0.39 is 0 Å². The summed E-state index contributed by atoms with van der Waals surface area (Å²) in [7, 11) is 0. The van der Waals surface area contributed by atoms with Gasteiger partial charge in [-0.1, -0.05) is 0 Å². The molecule has 5 nitrogen and oxygen atoms in total. The number of hydrogen-bond acceptors (Lipinski definition) is 2. The molecular formula is C10H20N4O. The van der Waals surface area contributed by atoms with E-state index in [1.54, 1.807) is 4.90 Å². The Kier molecular flexibility index (Phi) is 3.94. The fraction of sp³-hybridized carbons (Fsp3) is 0.800. The van der Waals surface area contributed by atoms with Gasteiger partial charge in [0.15, 0.2) is 0 Å². The molecule has 0 spiro atoms. The van der Waals surface area contributed by atoms with Crippen LogP contribution >= 0.6 is 0 Å². The van der Waals surface area contributed by atoms with Gasteiger partial charge in [0.2, 0.25) is 0 Å². The van der Waals surface area contributed by atoms with Crippen LogP contribution in [0.4, 0.5) is 4.79 Å². The Morgan fingerprint density at radius 3 is 2.60 bits per heavy atom. The maximum atomic E-state index is 11.8. The smallest absolute Gasteiger partial charge is 0.317 e. The van der Waals surface area contributed by atoms with Gasteiger partial charge in [-0.05, 0) is 26.7 Å². The minimum Gasteiger partial charge on any atom is -0.388 e. The first kappa shape index (κ1) is 11.8. The molecule has 5 heteroatoms. The number of carbonyl (C=O) groups excluding carboxylic acids is 1. The van der Waals surface area contributed by atoms with Crippen LogP contribution in [-0.4, -0.2) is 35.4 Å². The molecule has 1 aliphatic rings. The molecule has 4 N–H and O–H groups in total. The van der Waals surface area contributed by atoms with Crippen LogP contribution in [0, 0.1) is 5.41 Å². The normalized spacial score (nSPS) is 15.1. The van der Waals surface area contributed by atoms with E-state index in [2.05, 4.69) is 5.32 Å². The molecular weight excluding hydrogens is 192 g/mol. The summed E-state index contributed by atoms with van der Waals surface area (Å²) in [6, 6.07) is 0.480. The first-order valence-electron chi connectivity index (χ1n) is 5.40. The van der Waals surface area contributed by atoms with Crippen molar-refractivity contribution in [2.45, 2.75) is 45.2 Å². The topological polar surface area (TPSA) is 82.2 Å². The number of nitrogens with two attached hydrogens (primary N) is 1. The third-order valence-corrected chi connectivity index (χ3v) is 2.28. The van der Waals surface area contributed by atoms with Crippen LogP contribution in [0.5, 0.6) is 0 Å². The third kappa shape index (κ3) is 4.18. The van der Waals surface area contributed by atoms with Crippen LogP contribution in [0.3, 0.4) is 0 Å². The number of amides is 2. The number of carbonyl (C=O) groups is 1. The van der Waals surface area contributed by atoms with Gasteiger partial charge in [0.1, 0.15) is 0 Å². The van der Waals surface area contributed by atoms with E-state index in [0.29, 0.717) is 19.0 Å². The molecule has 0 unspecified atom stereocenters. The molecule has 86 valence electrons. The molecule has 0 radical (unpaired) electrons. The highest BCUT2D eigenvalue weighted by Crippen LogP contribution is 2.26. The van der Waals surface area contributed by atoms with Crippen LogP contribution in [0.15, 0.2) is 0 Å². The molecule has 0 aromatic carbocycles. The average molecular weight is 212 g/mol. The van der Waals surface area contributed by atoms with E-state index in [1.165, 1.54) is 0 Å². The fourth-order valence-electron chi connectivity index (χ4n) is 1.41. The van der Waals surface area contributed by atoms with Gasteiger partial charge < -0.3 is 16.0 Å². The van der Waals surface area contributed by atoms with E-state index in [4.69, 9.17) is 11.1 Å². The summed E-state index contributed by atoms with van der Waals surface area (Å²) in [4.78, 5) is 13.5. The Bertz CT molecular complexity index is 248. The molecule has 1 aliphatic carbocycles. The van der Waals surface area contributed by atoms with E-state index in [1.807, 2.05) is 13.8 Å². The lowest BCUT2D eigenvalue weighted by molar-refractivity contribution is 0.194. The number of nitrogens with one attached hydrogen (secondary N) is 2. The second-order valence-electron chi connectivity index (χ2n) is 4.30. The molecule has 0 aliphatic heterocycles. The van der Waals surface area contributed by atoms with Crippen molar-refractivity contribution < 1.29 is 4.79 Å². The lowest BCUT2D eigenvalue weighted by Gasteiger charge is -2.23. The van der Waals surface area contributed by atoms with Gasteiger partial charge in [0.05, 0.1) is 5.84 Å². The van der Waals surface area contributed by atoms with Gasteiger partial charge >= 0.3 is 6.03 Å². The Morgan fingerprint density at radius 1 is 1.60 bits per heavy atom. The highest BCUT2D eigenvalue weighted by Gasteiger charge is 2.32. The van der Waals surface area contributed by atoms with Gasteiger partial charge in [-0.3, -0.25) is 5.41 Å². The SMILES string of the molecule is CC(C)NC(=O)N(CCC(=N)N)C1CC1. The summed E-state index contributed by atoms with van der Waals surface area (Å²) in [5.41, 5.74) is 5.29. The van der Waals surface area contributed by atoms with Crippen molar-refractivity contribution in [3.63, 3.8) is 0 Å². The molecule has 0 aromatic rings. The molecule has 1 rings (SSSR count). The Morgan fingerprint density at radius 2 is 2.20 bits per heavy atom. The summed E-state index contributed by atoms with van der Waals surface area (Å²) < 4.78 is 0. The van der Waals surface area contributed by atoms with Gasteiger partial charge in [-0.25, -0.2) is 4.79 Å². The summed E-state index contributed by atoms with van der Waals surface area (Å²) in [6.07, 6.45) is 2.61. The summed E-state index contributed by atoms with van der Waals surface area (Å²) >= 11 is 0. The summed E-state index contributed by atoms with van der Waals surface area (Å²) in [5, 5.41) is 10.0. The van der Waals surface area contributed by atoms with Crippen LogP contribution in [0.25, 0.3) is 0 Å².